The molecule has 4 heterocycles. The summed E-state index contributed by atoms with van der Waals surface area (Å²) >= 11 is 0. The van der Waals surface area contributed by atoms with Crippen molar-refractivity contribution >= 4 is 34.0 Å². The topological polar surface area (TPSA) is 87.7 Å². The number of aryl methyl sites for hydroxylation is 2. The number of benzene rings is 1. The summed E-state index contributed by atoms with van der Waals surface area (Å²) in [5, 5.41) is 7.21. The molecular formula is C21H22N6O2. The second kappa shape index (κ2) is 6.89. The van der Waals surface area contributed by atoms with Gasteiger partial charge in [-0.15, -0.1) is 0 Å². The third-order valence-electron chi connectivity index (χ3n) is 5.19. The van der Waals surface area contributed by atoms with Crippen molar-refractivity contribution in [2.24, 2.45) is 0 Å². The zero-order valence-electron chi connectivity index (χ0n) is 16.4. The van der Waals surface area contributed by atoms with Crippen LogP contribution in [0, 0.1) is 13.8 Å². The normalized spacial score (nSPS) is 14.6. The zero-order valence-corrected chi connectivity index (χ0v) is 16.4. The number of carbonyl (C=O) groups is 1. The molecule has 29 heavy (non-hydrogen) atoms. The van der Waals surface area contributed by atoms with E-state index in [-0.39, 0.29) is 5.91 Å². The Morgan fingerprint density at radius 3 is 2.86 bits per heavy atom. The van der Waals surface area contributed by atoms with Gasteiger partial charge in [-0.2, -0.15) is 0 Å². The Bertz CT molecular complexity index is 1220. The molecule has 0 spiro atoms. The minimum atomic E-state index is -0.250. The molecule has 1 fully saturated rings. The SMILES string of the molecule is Cc1cn2cc(NC(=O)c3ccc(N4CCNCC4)c4cc(C)oc34)ncc2n1. The molecule has 1 aliphatic heterocycles. The molecule has 0 bridgehead atoms. The second-order valence-corrected chi connectivity index (χ2v) is 7.34. The lowest BCUT2D eigenvalue weighted by atomic mass is 10.1. The van der Waals surface area contributed by atoms with Gasteiger partial charge in [-0.05, 0) is 32.0 Å². The van der Waals surface area contributed by atoms with Crippen molar-refractivity contribution in [3.05, 3.63) is 53.8 Å². The molecule has 148 valence electrons. The molecule has 8 nitrogen and oxygen atoms in total. The van der Waals surface area contributed by atoms with Gasteiger partial charge in [0.1, 0.15) is 17.2 Å². The quantitative estimate of drug-likeness (QED) is 0.559. The number of aromatic nitrogens is 3. The van der Waals surface area contributed by atoms with Gasteiger partial charge in [0.15, 0.2) is 5.65 Å². The van der Waals surface area contributed by atoms with Crippen LogP contribution in [0.15, 0.2) is 41.2 Å². The van der Waals surface area contributed by atoms with Crippen molar-refractivity contribution < 1.29 is 9.21 Å². The van der Waals surface area contributed by atoms with E-state index >= 15 is 0 Å². The molecule has 0 aliphatic carbocycles. The van der Waals surface area contributed by atoms with Gasteiger partial charge in [0.05, 0.1) is 23.7 Å². The van der Waals surface area contributed by atoms with Gasteiger partial charge in [0.25, 0.3) is 5.91 Å². The van der Waals surface area contributed by atoms with Crippen LogP contribution in [0.25, 0.3) is 16.6 Å². The summed E-state index contributed by atoms with van der Waals surface area (Å²) in [5.74, 6) is 0.993. The van der Waals surface area contributed by atoms with E-state index in [1.54, 1.807) is 12.4 Å². The molecule has 0 radical (unpaired) electrons. The maximum absolute atomic E-state index is 13.0. The highest BCUT2D eigenvalue weighted by Crippen LogP contribution is 2.33. The molecule has 4 aromatic rings. The first-order chi connectivity index (χ1) is 14.1. The van der Waals surface area contributed by atoms with E-state index in [0.717, 1.165) is 54.4 Å². The lowest BCUT2D eigenvalue weighted by molar-refractivity contribution is 0.102. The molecular weight excluding hydrogens is 368 g/mol. The van der Waals surface area contributed by atoms with E-state index in [2.05, 4.69) is 25.5 Å². The molecule has 8 heteroatoms. The summed E-state index contributed by atoms with van der Waals surface area (Å²) in [5.41, 5.74) is 3.84. The number of hydrogen-bond donors (Lipinski definition) is 2. The lowest BCUT2D eigenvalue weighted by Crippen LogP contribution is -2.43. The Labute approximate surface area is 167 Å². The minimum Gasteiger partial charge on any atom is -0.460 e. The van der Waals surface area contributed by atoms with Crippen LogP contribution in [0.1, 0.15) is 21.8 Å². The molecule has 5 rings (SSSR count). The van der Waals surface area contributed by atoms with E-state index in [4.69, 9.17) is 4.42 Å². The van der Waals surface area contributed by atoms with E-state index in [1.807, 2.05) is 42.6 Å². The van der Waals surface area contributed by atoms with Crippen LogP contribution < -0.4 is 15.5 Å². The summed E-state index contributed by atoms with van der Waals surface area (Å²) < 4.78 is 7.77. The van der Waals surface area contributed by atoms with Gasteiger partial charge >= 0.3 is 0 Å². The first-order valence-corrected chi connectivity index (χ1v) is 9.70. The van der Waals surface area contributed by atoms with Crippen LogP contribution in [0.3, 0.4) is 0 Å². The number of furan rings is 1. The number of rotatable bonds is 3. The average molecular weight is 390 g/mol. The number of hydrogen-bond acceptors (Lipinski definition) is 6. The molecule has 0 saturated carbocycles. The highest BCUT2D eigenvalue weighted by Gasteiger charge is 2.21. The summed E-state index contributed by atoms with van der Waals surface area (Å²) in [6.45, 7) is 7.57. The lowest BCUT2D eigenvalue weighted by Gasteiger charge is -2.30. The number of piperazine rings is 1. The Balaban J connectivity index is 1.49. The third kappa shape index (κ3) is 3.21. The van der Waals surface area contributed by atoms with E-state index < -0.39 is 0 Å². The van der Waals surface area contributed by atoms with Crippen molar-refractivity contribution in [2.75, 3.05) is 36.4 Å². The van der Waals surface area contributed by atoms with Gasteiger partial charge < -0.3 is 24.4 Å². The summed E-state index contributed by atoms with van der Waals surface area (Å²) in [6.07, 6.45) is 5.29. The van der Waals surface area contributed by atoms with Crippen molar-refractivity contribution in [3.8, 4) is 0 Å². The molecule has 0 atom stereocenters. The fourth-order valence-electron chi connectivity index (χ4n) is 3.87. The molecule has 1 saturated heterocycles. The highest BCUT2D eigenvalue weighted by molar-refractivity contribution is 6.13. The second-order valence-electron chi connectivity index (χ2n) is 7.34. The van der Waals surface area contributed by atoms with Gasteiger partial charge in [-0.1, -0.05) is 0 Å². The fourth-order valence-corrected chi connectivity index (χ4v) is 3.87. The number of carbonyl (C=O) groups excluding carboxylic acids is 1. The molecule has 0 unspecified atom stereocenters. The Morgan fingerprint density at radius 1 is 1.21 bits per heavy atom. The standard InChI is InChI=1S/C21H22N6O2/c1-13-11-27-12-18(23-10-19(27)24-13)25-21(28)15-3-4-17(26-7-5-22-6-8-26)16-9-14(2)29-20(15)16/h3-4,9-12,22H,5-8H2,1-2H3,(H,25,28). The summed E-state index contributed by atoms with van der Waals surface area (Å²) in [7, 11) is 0. The maximum atomic E-state index is 13.0. The van der Waals surface area contributed by atoms with Gasteiger partial charge in [-0.25, -0.2) is 9.97 Å². The van der Waals surface area contributed by atoms with Crippen molar-refractivity contribution in [2.45, 2.75) is 13.8 Å². The van der Waals surface area contributed by atoms with Crippen LogP contribution in [0.5, 0.6) is 0 Å². The van der Waals surface area contributed by atoms with Crippen LogP contribution in [-0.2, 0) is 0 Å². The van der Waals surface area contributed by atoms with E-state index in [1.165, 1.54) is 0 Å². The van der Waals surface area contributed by atoms with E-state index in [0.29, 0.717) is 17.0 Å². The Hall–Kier alpha value is -3.39. The van der Waals surface area contributed by atoms with Crippen LogP contribution in [0.2, 0.25) is 0 Å². The smallest absolute Gasteiger partial charge is 0.260 e. The van der Waals surface area contributed by atoms with Crippen molar-refractivity contribution in [3.63, 3.8) is 0 Å². The number of nitrogens with zero attached hydrogens (tertiary/aromatic N) is 4. The molecule has 1 aromatic carbocycles. The Kier molecular flexibility index (Phi) is 4.21. The monoisotopic (exact) mass is 390 g/mol. The van der Waals surface area contributed by atoms with Crippen LogP contribution >= 0.6 is 0 Å². The average Bonchev–Trinajstić information content (AvgIpc) is 3.28. The molecule has 2 N–H and O–H groups in total. The van der Waals surface area contributed by atoms with Crippen LogP contribution in [0.4, 0.5) is 11.5 Å². The van der Waals surface area contributed by atoms with Crippen molar-refractivity contribution in [1.82, 2.24) is 19.7 Å². The summed E-state index contributed by atoms with van der Waals surface area (Å²) in [6, 6.07) is 5.84. The predicted octanol–water partition coefficient (Wildman–Crippen LogP) is 2.75. The first kappa shape index (κ1) is 17.7. The number of anilines is 2. The van der Waals surface area contributed by atoms with Gasteiger partial charge in [0.2, 0.25) is 0 Å². The molecule has 1 amide bonds. The fraction of sp³-hybridized carbons (Fsp3) is 0.286. The Morgan fingerprint density at radius 2 is 2.03 bits per heavy atom. The largest absolute Gasteiger partial charge is 0.460 e. The number of fused-ring (bicyclic) bond motifs is 2. The molecule has 3 aromatic heterocycles. The third-order valence-corrected chi connectivity index (χ3v) is 5.19. The minimum absolute atomic E-state index is 0.250. The van der Waals surface area contributed by atoms with Gasteiger partial charge in [0, 0.05) is 43.4 Å². The summed E-state index contributed by atoms with van der Waals surface area (Å²) in [4.78, 5) is 24.0. The number of imidazole rings is 1. The zero-order chi connectivity index (χ0) is 20.0. The van der Waals surface area contributed by atoms with E-state index in [9.17, 15) is 4.79 Å². The highest BCUT2D eigenvalue weighted by atomic mass is 16.3. The van der Waals surface area contributed by atoms with Crippen molar-refractivity contribution in [1.29, 1.82) is 0 Å². The van der Waals surface area contributed by atoms with Gasteiger partial charge in [-0.3, -0.25) is 4.79 Å². The maximum Gasteiger partial charge on any atom is 0.260 e. The number of nitrogens with one attached hydrogen (secondary N) is 2. The first-order valence-electron chi connectivity index (χ1n) is 9.70. The predicted molar refractivity (Wildman–Crippen MR) is 112 cm³/mol. The number of amides is 1. The molecule has 1 aliphatic rings. The van der Waals surface area contributed by atoms with Crippen LogP contribution in [-0.4, -0.2) is 46.5 Å².